The Kier molecular flexibility index (Phi) is 5.64. The highest BCUT2D eigenvalue weighted by molar-refractivity contribution is 6.21. The molecule has 212 valence electrons. The molecule has 0 heteroatoms. The molecule has 8 aromatic rings. The Hall–Kier alpha value is -5.46. The summed E-state index contributed by atoms with van der Waals surface area (Å²) in [6.45, 7) is 4.81. The number of rotatable bonds is 3. The summed E-state index contributed by atoms with van der Waals surface area (Å²) in [6.07, 6.45) is 0. The van der Waals surface area contributed by atoms with Crippen LogP contribution in [0.5, 0.6) is 0 Å². The van der Waals surface area contributed by atoms with Crippen LogP contribution in [0.15, 0.2) is 158 Å². The molecule has 0 unspecified atom stereocenters. The lowest BCUT2D eigenvalue weighted by molar-refractivity contribution is 0.668. The number of fused-ring (bicyclic) bond motifs is 7. The highest BCUT2D eigenvalue weighted by atomic mass is 14.4. The molecule has 0 radical (unpaired) electrons. The topological polar surface area (TPSA) is 0 Å². The normalized spacial score (nSPS) is 13.3. The maximum atomic E-state index is 2.42. The van der Waals surface area contributed by atoms with Crippen LogP contribution in [-0.2, 0) is 5.41 Å². The molecule has 9 rings (SSSR count). The van der Waals surface area contributed by atoms with Crippen molar-refractivity contribution in [3.8, 4) is 44.5 Å². The van der Waals surface area contributed by atoms with Gasteiger partial charge in [0.1, 0.15) is 0 Å². The molecule has 8 aromatic carbocycles. The fourth-order valence-electron chi connectivity index (χ4n) is 8.18. The molecule has 0 spiro atoms. The van der Waals surface area contributed by atoms with Crippen molar-refractivity contribution in [1.29, 1.82) is 0 Å². The first kappa shape index (κ1) is 26.0. The SMILES string of the molecule is CC1(C)c2c(-c3cccc(-c4c5ccccc5c(-c5ccccc5)c5ccccc45)c3)cccc2-c2ccc3ccccc3c21. The van der Waals surface area contributed by atoms with Crippen LogP contribution in [0, 0.1) is 0 Å². The van der Waals surface area contributed by atoms with Gasteiger partial charge < -0.3 is 0 Å². The van der Waals surface area contributed by atoms with Crippen molar-refractivity contribution in [2.75, 3.05) is 0 Å². The highest BCUT2D eigenvalue weighted by Crippen LogP contribution is 2.54. The van der Waals surface area contributed by atoms with E-state index in [4.69, 9.17) is 0 Å². The molecule has 0 fully saturated rings. The second kappa shape index (κ2) is 9.78. The zero-order valence-corrected chi connectivity index (χ0v) is 25.5. The Labute approximate surface area is 264 Å². The second-order valence-electron chi connectivity index (χ2n) is 12.9. The van der Waals surface area contributed by atoms with Crippen molar-refractivity contribution in [3.05, 3.63) is 169 Å². The van der Waals surface area contributed by atoms with Crippen LogP contribution in [0.25, 0.3) is 76.8 Å². The minimum absolute atomic E-state index is 0.130. The predicted octanol–water partition coefficient (Wildman–Crippen LogP) is 12.5. The van der Waals surface area contributed by atoms with Gasteiger partial charge in [-0.15, -0.1) is 0 Å². The third-order valence-corrected chi connectivity index (χ3v) is 9.99. The van der Waals surface area contributed by atoms with Gasteiger partial charge in [-0.2, -0.15) is 0 Å². The summed E-state index contributed by atoms with van der Waals surface area (Å²) in [4.78, 5) is 0. The average Bonchev–Trinajstić information content (AvgIpc) is 3.34. The average molecular weight is 573 g/mol. The standard InChI is InChI=1S/C45H32/c1-45(2)43-33-19-7-6-14-29(33)26-27-40(43)39-25-13-24-34(44(39)45)31-17-12-18-32(28-31)42-37-22-10-8-20-35(37)41(30-15-4-3-5-16-30)36-21-9-11-23-38(36)42/h3-28H,1-2H3. The van der Waals surface area contributed by atoms with Gasteiger partial charge in [-0.3, -0.25) is 0 Å². The van der Waals surface area contributed by atoms with Crippen LogP contribution < -0.4 is 0 Å². The van der Waals surface area contributed by atoms with E-state index in [-0.39, 0.29) is 5.41 Å². The molecule has 0 aromatic heterocycles. The molecule has 45 heavy (non-hydrogen) atoms. The molecule has 0 aliphatic heterocycles. The van der Waals surface area contributed by atoms with Gasteiger partial charge in [0.25, 0.3) is 0 Å². The summed E-state index contributed by atoms with van der Waals surface area (Å²) in [5.74, 6) is 0. The minimum atomic E-state index is -0.130. The monoisotopic (exact) mass is 572 g/mol. The second-order valence-corrected chi connectivity index (χ2v) is 12.9. The largest absolute Gasteiger partial charge is 0.0622 e. The van der Waals surface area contributed by atoms with E-state index in [2.05, 4.69) is 172 Å². The van der Waals surface area contributed by atoms with Gasteiger partial charge in [0.05, 0.1) is 0 Å². The van der Waals surface area contributed by atoms with E-state index in [1.165, 1.54) is 88.0 Å². The van der Waals surface area contributed by atoms with E-state index in [0.717, 1.165) is 0 Å². The van der Waals surface area contributed by atoms with Gasteiger partial charge >= 0.3 is 0 Å². The Morgan fingerprint density at radius 1 is 0.333 bits per heavy atom. The zero-order valence-electron chi connectivity index (χ0n) is 25.5. The maximum Gasteiger partial charge on any atom is 0.0171 e. The van der Waals surface area contributed by atoms with Crippen LogP contribution >= 0.6 is 0 Å². The fraction of sp³-hybridized carbons (Fsp3) is 0.0667. The summed E-state index contributed by atoms with van der Waals surface area (Å²) in [7, 11) is 0. The van der Waals surface area contributed by atoms with E-state index in [1.54, 1.807) is 0 Å². The smallest absolute Gasteiger partial charge is 0.0171 e. The summed E-state index contributed by atoms with van der Waals surface area (Å²) in [5, 5.41) is 7.79. The number of hydrogen-bond donors (Lipinski definition) is 0. The van der Waals surface area contributed by atoms with Gasteiger partial charge in [-0.05, 0) is 94.0 Å². The van der Waals surface area contributed by atoms with E-state index in [0.29, 0.717) is 0 Å². The van der Waals surface area contributed by atoms with Gasteiger partial charge in [0.2, 0.25) is 0 Å². The Bertz CT molecular complexity index is 2390. The quantitative estimate of drug-likeness (QED) is 0.185. The van der Waals surface area contributed by atoms with Crippen LogP contribution in [-0.4, -0.2) is 0 Å². The van der Waals surface area contributed by atoms with E-state index in [9.17, 15) is 0 Å². The predicted molar refractivity (Wildman–Crippen MR) is 193 cm³/mol. The van der Waals surface area contributed by atoms with E-state index in [1.807, 2.05) is 0 Å². The summed E-state index contributed by atoms with van der Waals surface area (Å²) in [6, 6.07) is 58.2. The first-order valence-corrected chi connectivity index (χ1v) is 15.9. The van der Waals surface area contributed by atoms with Crippen LogP contribution in [0.2, 0.25) is 0 Å². The van der Waals surface area contributed by atoms with Gasteiger partial charge in [-0.25, -0.2) is 0 Å². The Morgan fingerprint density at radius 3 is 1.51 bits per heavy atom. The Morgan fingerprint density at radius 2 is 0.822 bits per heavy atom. The van der Waals surface area contributed by atoms with Crippen LogP contribution in [0.4, 0.5) is 0 Å². The molecule has 1 aliphatic carbocycles. The van der Waals surface area contributed by atoms with Crippen molar-refractivity contribution < 1.29 is 0 Å². The van der Waals surface area contributed by atoms with Gasteiger partial charge in [0, 0.05) is 5.41 Å². The molecule has 0 heterocycles. The number of benzene rings is 8. The van der Waals surface area contributed by atoms with Crippen molar-refractivity contribution in [3.63, 3.8) is 0 Å². The number of hydrogen-bond acceptors (Lipinski definition) is 0. The van der Waals surface area contributed by atoms with Crippen molar-refractivity contribution >= 4 is 32.3 Å². The molecular formula is C45H32. The van der Waals surface area contributed by atoms with Crippen LogP contribution in [0.3, 0.4) is 0 Å². The molecular weight excluding hydrogens is 540 g/mol. The van der Waals surface area contributed by atoms with Gasteiger partial charge in [-0.1, -0.05) is 166 Å². The lowest BCUT2D eigenvalue weighted by atomic mass is 9.77. The maximum absolute atomic E-state index is 2.42. The zero-order chi connectivity index (χ0) is 30.1. The lowest BCUT2D eigenvalue weighted by Crippen LogP contribution is -2.16. The summed E-state index contributed by atoms with van der Waals surface area (Å²) >= 11 is 0. The fourth-order valence-corrected chi connectivity index (χ4v) is 8.18. The molecule has 0 bridgehead atoms. The first-order valence-electron chi connectivity index (χ1n) is 15.9. The molecule has 0 atom stereocenters. The Balaban J connectivity index is 1.29. The summed E-state index contributed by atoms with van der Waals surface area (Å²) < 4.78 is 0. The van der Waals surface area contributed by atoms with E-state index < -0.39 is 0 Å². The molecule has 0 saturated heterocycles. The van der Waals surface area contributed by atoms with Crippen molar-refractivity contribution in [1.82, 2.24) is 0 Å². The minimum Gasteiger partial charge on any atom is -0.0622 e. The van der Waals surface area contributed by atoms with Crippen molar-refractivity contribution in [2.24, 2.45) is 0 Å². The van der Waals surface area contributed by atoms with Crippen LogP contribution in [0.1, 0.15) is 25.0 Å². The van der Waals surface area contributed by atoms with Gasteiger partial charge in [0.15, 0.2) is 0 Å². The van der Waals surface area contributed by atoms with Crippen molar-refractivity contribution in [2.45, 2.75) is 19.3 Å². The molecule has 1 aliphatic rings. The molecule has 0 amide bonds. The molecule has 0 N–H and O–H groups in total. The third-order valence-electron chi connectivity index (χ3n) is 9.99. The highest BCUT2D eigenvalue weighted by Gasteiger charge is 2.38. The lowest BCUT2D eigenvalue weighted by Gasteiger charge is -2.26. The third kappa shape index (κ3) is 3.79. The van der Waals surface area contributed by atoms with E-state index >= 15 is 0 Å². The summed E-state index contributed by atoms with van der Waals surface area (Å²) in [5.41, 5.74) is 13.1. The first-order chi connectivity index (χ1) is 22.1. The molecule has 0 saturated carbocycles. The molecule has 0 nitrogen and oxygen atoms in total.